The van der Waals surface area contributed by atoms with Gasteiger partial charge < -0.3 is 9.47 Å². The lowest BCUT2D eigenvalue weighted by atomic mass is 10.2. The maximum Gasteiger partial charge on any atom is 0.264 e. The molecule has 1 N–H and O–H groups in total. The molecule has 0 unspecified atom stereocenters. The van der Waals surface area contributed by atoms with Crippen molar-refractivity contribution in [3.8, 4) is 11.5 Å². The van der Waals surface area contributed by atoms with E-state index in [0.717, 1.165) is 15.5 Å². The number of hydrogen-bond donors (Lipinski definition) is 1. The van der Waals surface area contributed by atoms with Crippen LogP contribution in [0.1, 0.15) is 18.2 Å². The third kappa shape index (κ3) is 4.75. The summed E-state index contributed by atoms with van der Waals surface area (Å²) in [7, 11) is 1.57. The van der Waals surface area contributed by atoms with E-state index in [2.05, 4.69) is 10.3 Å². The Bertz CT molecular complexity index is 741. The average Bonchev–Trinajstić information content (AvgIpc) is 2.93. The first-order valence-electron chi connectivity index (χ1n) is 7.32. The van der Waals surface area contributed by atoms with Crippen LogP contribution in [-0.2, 0) is 4.79 Å². The first-order valence-corrected chi connectivity index (χ1v) is 9.36. The topological polar surface area (TPSA) is 60.5 Å². The first-order chi connectivity index (χ1) is 11.6. The average molecular weight is 364 g/mol. The molecule has 0 saturated heterocycles. The van der Waals surface area contributed by atoms with Gasteiger partial charge in [0.1, 0.15) is 0 Å². The third-order valence-electron chi connectivity index (χ3n) is 3.09. The molecule has 0 bridgehead atoms. The maximum atomic E-state index is 12.0. The fourth-order valence-electron chi connectivity index (χ4n) is 2.02. The van der Waals surface area contributed by atoms with Gasteiger partial charge >= 0.3 is 0 Å². The van der Waals surface area contributed by atoms with Gasteiger partial charge in [-0.2, -0.15) is 0 Å². The zero-order chi connectivity index (χ0) is 17.5. The predicted molar refractivity (Wildman–Crippen MR) is 100 cm³/mol. The summed E-state index contributed by atoms with van der Waals surface area (Å²) in [5.74, 6) is 0.866. The number of aryl methyl sites for hydroxylation is 1. The van der Waals surface area contributed by atoms with E-state index >= 15 is 0 Å². The summed E-state index contributed by atoms with van der Waals surface area (Å²) in [4.78, 5) is 16.4. The second kappa shape index (κ2) is 8.75. The van der Waals surface area contributed by atoms with Gasteiger partial charge in [0.15, 0.2) is 23.2 Å². The van der Waals surface area contributed by atoms with Crippen molar-refractivity contribution in [2.75, 3.05) is 25.3 Å². The van der Waals surface area contributed by atoms with Crippen molar-refractivity contribution >= 4 is 40.2 Å². The Morgan fingerprint density at radius 1 is 1.42 bits per heavy atom. The van der Waals surface area contributed by atoms with Gasteiger partial charge in [-0.15, -0.1) is 11.8 Å². The second-order valence-corrected chi connectivity index (χ2v) is 6.92. The Labute approximate surface area is 150 Å². The number of ether oxygens (including phenoxy) is 2. The molecule has 0 spiro atoms. The predicted octanol–water partition coefficient (Wildman–Crippen LogP) is 4.23. The summed E-state index contributed by atoms with van der Waals surface area (Å²) in [6, 6.07) is 5.56. The molecular formula is C17H20N2O3S2. The number of benzene rings is 1. The molecule has 0 fully saturated rings. The third-order valence-corrected chi connectivity index (χ3v) is 5.38. The number of thiazole rings is 1. The van der Waals surface area contributed by atoms with E-state index in [-0.39, 0.29) is 12.5 Å². The Balaban J connectivity index is 1.98. The maximum absolute atomic E-state index is 12.0. The van der Waals surface area contributed by atoms with E-state index in [0.29, 0.717) is 16.6 Å². The summed E-state index contributed by atoms with van der Waals surface area (Å²) in [5.41, 5.74) is 1.93. The van der Waals surface area contributed by atoms with Gasteiger partial charge in [0.05, 0.1) is 17.0 Å². The highest BCUT2D eigenvalue weighted by molar-refractivity contribution is 8.00. The molecule has 1 heterocycles. The number of amides is 1. The monoisotopic (exact) mass is 364 g/mol. The number of rotatable bonds is 7. The summed E-state index contributed by atoms with van der Waals surface area (Å²) >= 11 is 3.07. The molecule has 5 nitrogen and oxygen atoms in total. The van der Waals surface area contributed by atoms with Crippen molar-refractivity contribution in [3.63, 3.8) is 0 Å². The zero-order valence-corrected chi connectivity index (χ0v) is 15.7. The molecule has 1 aromatic heterocycles. The van der Waals surface area contributed by atoms with Crippen LogP contribution < -0.4 is 14.8 Å². The number of nitrogens with zero attached hydrogens (tertiary/aromatic N) is 1. The zero-order valence-electron chi connectivity index (χ0n) is 14.1. The first kappa shape index (κ1) is 18.4. The van der Waals surface area contributed by atoms with E-state index in [9.17, 15) is 4.79 Å². The van der Waals surface area contributed by atoms with Crippen LogP contribution in [0.2, 0.25) is 0 Å². The lowest BCUT2D eigenvalue weighted by Gasteiger charge is -2.11. The molecule has 2 rings (SSSR count). The normalized spacial score (nSPS) is 10.8. The van der Waals surface area contributed by atoms with Gasteiger partial charge in [-0.1, -0.05) is 29.6 Å². The molecule has 1 amide bonds. The Hall–Kier alpha value is -1.99. The van der Waals surface area contributed by atoms with Crippen molar-refractivity contribution in [1.29, 1.82) is 0 Å². The number of hydrogen-bond acceptors (Lipinski definition) is 6. The van der Waals surface area contributed by atoms with Crippen LogP contribution in [0.15, 0.2) is 28.5 Å². The fourth-order valence-corrected chi connectivity index (χ4v) is 3.65. The second-order valence-electron chi connectivity index (χ2n) is 4.84. The van der Waals surface area contributed by atoms with Crippen LogP contribution in [0.25, 0.3) is 6.08 Å². The summed E-state index contributed by atoms with van der Waals surface area (Å²) in [6.45, 7) is 3.77. The van der Waals surface area contributed by atoms with Crippen LogP contribution in [0.4, 0.5) is 5.13 Å². The summed E-state index contributed by atoms with van der Waals surface area (Å²) < 4.78 is 12.0. The quantitative estimate of drug-likeness (QED) is 0.745. The highest BCUT2D eigenvalue weighted by Crippen LogP contribution is 2.31. The van der Waals surface area contributed by atoms with E-state index in [1.165, 1.54) is 11.3 Å². The van der Waals surface area contributed by atoms with Crippen LogP contribution in [0, 0.1) is 6.92 Å². The molecule has 2 aromatic rings. The van der Waals surface area contributed by atoms with Crippen molar-refractivity contribution < 1.29 is 14.3 Å². The number of carbonyl (C=O) groups is 1. The molecule has 0 aliphatic carbocycles. The summed E-state index contributed by atoms with van der Waals surface area (Å²) in [5, 5.41) is 3.34. The lowest BCUT2D eigenvalue weighted by molar-refractivity contribution is -0.118. The highest BCUT2D eigenvalue weighted by atomic mass is 32.2. The molecule has 0 atom stereocenters. The van der Waals surface area contributed by atoms with Crippen LogP contribution in [0.5, 0.6) is 11.5 Å². The number of anilines is 1. The van der Waals surface area contributed by atoms with Gasteiger partial charge in [-0.3, -0.25) is 10.1 Å². The minimum atomic E-state index is -0.254. The van der Waals surface area contributed by atoms with Gasteiger partial charge in [-0.25, -0.2) is 4.98 Å². The van der Waals surface area contributed by atoms with E-state index in [1.54, 1.807) is 24.9 Å². The number of methoxy groups -OCH3 is 1. The van der Waals surface area contributed by atoms with Crippen LogP contribution >= 0.6 is 23.1 Å². The standard InChI is InChI=1S/C17H20N2O3S2/c1-5-6-12-7-8-13(14(9-12)21-3)22-10-15(20)19-17-18-11(2)16(23-4)24-17/h5-9H,10H2,1-4H3,(H,18,19,20)/b6-5+. The molecular weight excluding hydrogens is 344 g/mol. The van der Waals surface area contributed by atoms with Gasteiger partial charge in [0.2, 0.25) is 0 Å². The fraction of sp³-hybridized carbons (Fsp3) is 0.294. The largest absolute Gasteiger partial charge is 0.493 e. The van der Waals surface area contributed by atoms with Crippen molar-refractivity contribution in [3.05, 3.63) is 35.5 Å². The van der Waals surface area contributed by atoms with E-state index in [1.807, 2.05) is 44.4 Å². The van der Waals surface area contributed by atoms with Crippen LogP contribution in [-0.4, -0.2) is 30.9 Å². The molecule has 7 heteroatoms. The highest BCUT2D eigenvalue weighted by Gasteiger charge is 2.12. The van der Waals surface area contributed by atoms with Gasteiger partial charge in [0.25, 0.3) is 5.91 Å². The SMILES string of the molecule is C/C=C/c1ccc(OCC(=O)Nc2nc(C)c(SC)s2)c(OC)c1. The minimum absolute atomic E-state index is 0.105. The smallest absolute Gasteiger partial charge is 0.264 e. The van der Waals surface area contributed by atoms with E-state index in [4.69, 9.17) is 9.47 Å². The summed E-state index contributed by atoms with van der Waals surface area (Å²) in [6.07, 6.45) is 5.90. The molecule has 0 aliphatic rings. The number of aromatic nitrogens is 1. The van der Waals surface area contributed by atoms with Crippen molar-refractivity contribution in [2.45, 2.75) is 18.1 Å². The van der Waals surface area contributed by atoms with Crippen molar-refractivity contribution in [1.82, 2.24) is 4.98 Å². The Kier molecular flexibility index (Phi) is 6.69. The number of carbonyl (C=O) groups excluding carboxylic acids is 1. The number of thioether (sulfide) groups is 1. The molecule has 1 aromatic carbocycles. The van der Waals surface area contributed by atoms with E-state index < -0.39 is 0 Å². The molecule has 24 heavy (non-hydrogen) atoms. The number of allylic oxidation sites excluding steroid dienone is 1. The van der Waals surface area contributed by atoms with Crippen molar-refractivity contribution in [2.24, 2.45) is 0 Å². The van der Waals surface area contributed by atoms with Gasteiger partial charge in [-0.05, 0) is 37.8 Å². The lowest BCUT2D eigenvalue weighted by Crippen LogP contribution is -2.20. The number of nitrogens with one attached hydrogen (secondary N) is 1. The Morgan fingerprint density at radius 2 is 2.21 bits per heavy atom. The molecule has 128 valence electrons. The molecule has 0 saturated carbocycles. The Morgan fingerprint density at radius 3 is 2.83 bits per heavy atom. The van der Waals surface area contributed by atoms with Gasteiger partial charge in [0, 0.05) is 0 Å². The van der Waals surface area contributed by atoms with Crippen LogP contribution in [0.3, 0.4) is 0 Å². The minimum Gasteiger partial charge on any atom is -0.493 e. The molecule has 0 aliphatic heterocycles. The molecule has 0 radical (unpaired) electrons.